The third-order valence-corrected chi connectivity index (χ3v) is 5.84. The molecular weight excluding hydrogens is 541 g/mol. The first-order chi connectivity index (χ1) is 15.4. The minimum Gasteiger partial charge on any atom is -0.496 e. The summed E-state index contributed by atoms with van der Waals surface area (Å²) in [6, 6.07) is 4.37. The zero-order valence-corrected chi connectivity index (χ0v) is 22.8. The molecule has 0 unspecified atom stereocenters. The fourth-order valence-corrected chi connectivity index (χ4v) is 4.14. The predicted molar refractivity (Wildman–Crippen MR) is 133 cm³/mol. The quantitative estimate of drug-likeness (QED) is 0.201. The Morgan fingerprint density at radius 3 is 2.27 bits per heavy atom. The van der Waals surface area contributed by atoms with Crippen molar-refractivity contribution in [3.05, 3.63) is 27.3 Å². The van der Waals surface area contributed by atoms with Gasteiger partial charge < -0.3 is 18.9 Å². The zero-order chi connectivity index (χ0) is 25.2. The lowest BCUT2D eigenvalue weighted by Gasteiger charge is -2.31. The van der Waals surface area contributed by atoms with Crippen LogP contribution in [-0.2, 0) is 23.8 Å². The van der Waals surface area contributed by atoms with Crippen LogP contribution in [-0.4, -0.2) is 63.3 Å². The molecule has 0 heterocycles. The molecule has 0 aliphatic carbocycles. The van der Waals surface area contributed by atoms with Crippen LogP contribution in [0.25, 0.3) is 0 Å². The summed E-state index contributed by atoms with van der Waals surface area (Å²) < 4.78 is 21.6. The van der Waals surface area contributed by atoms with Gasteiger partial charge in [-0.2, -0.15) is 0 Å². The summed E-state index contributed by atoms with van der Waals surface area (Å²) in [5, 5.41) is 0. The van der Waals surface area contributed by atoms with Gasteiger partial charge in [-0.3, -0.25) is 14.5 Å². The van der Waals surface area contributed by atoms with Gasteiger partial charge in [0.15, 0.2) is 5.78 Å². The number of halogens is 1. The lowest BCUT2D eigenvalue weighted by molar-refractivity contribution is -0.148. The van der Waals surface area contributed by atoms with Crippen molar-refractivity contribution in [1.29, 1.82) is 0 Å². The maximum atomic E-state index is 13.5. The third kappa shape index (κ3) is 9.48. The summed E-state index contributed by atoms with van der Waals surface area (Å²) >= 11 is 2.12. The summed E-state index contributed by atoms with van der Waals surface area (Å²) in [6.07, 6.45) is 1.30. The van der Waals surface area contributed by atoms with Crippen molar-refractivity contribution >= 4 is 40.4 Å². The Labute approximate surface area is 210 Å². The Morgan fingerprint density at radius 2 is 1.76 bits per heavy atom. The predicted octanol–water partition coefficient (Wildman–Crippen LogP) is 4.77. The minimum atomic E-state index is -0.926. The average molecular weight is 577 g/mol. The van der Waals surface area contributed by atoms with Gasteiger partial charge in [-0.25, -0.2) is 4.79 Å². The van der Waals surface area contributed by atoms with E-state index in [1.54, 1.807) is 53.2 Å². The zero-order valence-electron chi connectivity index (χ0n) is 20.6. The van der Waals surface area contributed by atoms with Gasteiger partial charge in [0.05, 0.1) is 23.7 Å². The van der Waals surface area contributed by atoms with E-state index in [0.29, 0.717) is 30.8 Å². The molecule has 0 spiro atoms. The Balaban J connectivity index is 3.24. The summed E-state index contributed by atoms with van der Waals surface area (Å²) in [7, 11) is 6.02. The van der Waals surface area contributed by atoms with Gasteiger partial charge in [0.2, 0.25) is 0 Å². The Morgan fingerprint density at radius 1 is 1.09 bits per heavy atom. The smallest absolute Gasteiger partial charge is 0.410 e. The van der Waals surface area contributed by atoms with E-state index in [4.69, 9.17) is 18.9 Å². The monoisotopic (exact) mass is 577 g/mol. The lowest BCUT2D eigenvalue weighted by Crippen LogP contribution is -2.40. The molecule has 8 nitrogen and oxygen atoms in total. The summed E-state index contributed by atoms with van der Waals surface area (Å²) in [6.45, 7) is 5.87. The SMILES string of the molecule is COCCCC[C@H](CC(=O)[C@H](c1ccc(OC)c(I)c1)N(C)C(=O)OC(C)(C)C)C(=O)OC. The Kier molecular flexibility index (Phi) is 12.1. The highest BCUT2D eigenvalue weighted by atomic mass is 127. The molecule has 9 heteroatoms. The van der Waals surface area contributed by atoms with Crippen molar-refractivity contribution in [1.82, 2.24) is 4.90 Å². The molecule has 186 valence electrons. The number of hydrogen-bond acceptors (Lipinski definition) is 7. The van der Waals surface area contributed by atoms with Crippen molar-refractivity contribution in [2.24, 2.45) is 5.92 Å². The highest BCUT2D eigenvalue weighted by molar-refractivity contribution is 14.1. The number of hydrogen-bond donors (Lipinski definition) is 0. The van der Waals surface area contributed by atoms with Gasteiger partial charge in [-0.1, -0.05) is 12.5 Å². The molecule has 0 aromatic heterocycles. The summed E-state index contributed by atoms with van der Waals surface area (Å²) in [5.41, 5.74) is -0.107. The number of likely N-dealkylation sites (N-methyl/N-ethyl adjacent to an activating group) is 1. The number of esters is 1. The number of nitrogens with zero attached hydrogens (tertiary/aromatic N) is 1. The Hall–Kier alpha value is -1.88. The number of carbonyl (C=O) groups is 3. The highest BCUT2D eigenvalue weighted by Gasteiger charge is 2.34. The number of carbonyl (C=O) groups excluding carboxylic acids is 3. The van der Waals surface area contributed by atoms with Crippen LogP contribution < -0.4 is 4.74 Å². The van der Waals surface area contributed by atoms with Crippen molar-refractivity contribution in [3.63, 3.8) is 0 Å². The molecule has 0 N–H and O–H groups in total. The Bertz CT molecular complexity index is 806. The molecule has 0 fully saturated rings. The number of ether oxygens (including phenoxy) is 4. The molecule has 0 saturated heterocycles. The molecule has 1 aromatic carbocycles. The summed E-state index contributed by atoms with van der Waals surface area (Å²) in [5.74, 6) is -0.655. The van der Waals surface area contributed by atoms with E-state index in [1.165, 1.54) is 19.1 Å². The van der Waals surface area contributed by atoms with Crippen LogP contribution in [0, 0.1) is 9.49 Å². The first kappa shape index (κ1) is 29.2. The molecule has 0 aliphatic rings. The molecule has 1 amide bonds. The van der Waals surface area contributed by atoms with Crippen LogP contribution in [0.1, 0.15) is 58.1 Å². The fourth-order valence-electron chi connectivity index (χ4n) is 3.38. The van der Waals surface area contributed by atoms with Gasteiger partial charge in [-0.15, -0.1) is 0 Å². The van der Waals surface area contributed by atoms with Crippen LogP contribution in [0.4, 0.5) is 4.79 Å². The van der Waals surface area contributed by atoms with Crippen molar-refractivity contribution in [3.8, 4) is 5.75 Å². The van der Waals surface area contributed by atoms with E-state index >= 15 is 0 Å². The molecule has 0 aliphatic heterocycles. The van der Waals surface area contributed by atoms with E-state index in [2.05, 4.69) is 22.6 Å². The third-order valence-electron chi connectivity index (χ3n) is 5.00. The van der Waals surface area contributed by atoms with E-state index in [1.807, 2.05) is 0 Å². The van der Waals surface area contributed by atoms with Crippen molar-refractivity contribution in [2.45, 2.75) is 58.1 Å². The average Bonchev–Trinajstić information content (AvgIpc) is 2.74. The molecule has 2 atom stereocenters. The minimum absolute atomic E-state index is 0.0555. The molecular formula is C24H36INO7. The van der Waals surface area contributed by atoms with Crippen molar-refractivity contribution in [2.75, 3.05) is 35.0 Å². The topological polar surface area (TPSA) is 91.4 Å². The molecule has 33 heavy (non-hydrogen) atoms. The van der Waals surface area contributed by atoms with E-state index < -0.39 is 29.6 Å². The van der Waals surface area contributed by atoms with Crippen LogP contribution in [0.3, 0.4) is 0 Å². The van der Waals surface area contributed by atoms with Gasteiger partial charge in [0.1, 0.15) is 17.4 Å². The first-order valence-corrected chi connectivity index (χ1v) is 11.9. The fraction of sp³-hybridized carbons (Fsp3) is 0.625. The number of Topliss-reactive ketones (excluding diaryl/α,β-unsaturated/α-hetero) is 1. The number of methoxy groups -OCH3 is 3. The largest absolute Gasteiger partial charge is 0.496 e. The van der Waals surface area contributed by atoms with E-state index in [0.717, 1.165) is 9.99 Å². The van der Waals surface area contributed by atoms with Gasteiger partial charge in [0, 0.05) is 27.2 Å². The van der Waals surface area contributed by atoms with Gasteiger partial charge >= 0.3 is 12.1 Å². The van der Waals surface area contributed by atoms with Gasteiger partial charge in [-0.05, 0) is 73.9 Å². The second-order valence-electron chi connectivity index (χ2n) is 8.77. The highest BCUT2D eigenvalue weighted by Crippen LogP contribution is 2.31. The standard InChI is InChI=1S/C24H36INO7/c1-24(2,3)33-23(29)26(4)21(16-11-12-20(31-6)18(25)14-16)19(27)15-17(22(28)32-7)10-8-9-13-30-5/h11-12,14,17,21H,8-10,13,15H2,1-7H3/t17-,21+/m1/s1. The molecule has 1 aromatic rings. The number of ketones is 1. The maximum Gasteiger partial charge on any atom is 0.410 e. The van der Waals surface area contributed by atoms with Crippen LogP contribution in [0.15, 0.2) is 18.2 Å². The summed E-state index contributed by atoms with van der Waals surface area (Å²) in [4.78, 5) is 40.0. The number of amides is 1. The van der Waals surface area contributed by atoms with Crippen LogP contribution in [0.5, 0.6) is 5.75 Å². The lowest BCUT2D eigenvalue weighted by atomic mass is 9.90. The molecule has 1 rings (SSSR count). The molecule has 0 saturated carbocycles. The van der Waals surface area contributed by atoms with Crippen LogP contribution in [0.2, 0.25) is 0 Å². The normalized spacial score (nSPS) is 13.1. The van der Waals surface area contributed by atoms with Crippen molar-refractivity contribution < 1.29 is 33.3 Å². The van der Waals surface area contributed by atoms with E-state index in [-0.39, 0.29) is 12.2 Å². The van der Waals surface area contributed by atoms with Crippen LogP contribution >= 0.6 is 22.6 Å². The molecule has 0 bridgehead atoms. The first-order valence-electron chi connectivity index (χ1n) is 10.8. The number of unbranched alkanes of at least 4 members (excludes halogenated alkanes) is 1. The van der Waals surface area contributed by atoms with Gasteiger partial charge in [0.25, 0.3) is 0 Å². The second-order valence-corrected chi connectivity index (χ2v) is 9.93. The van der Waals surface area contributed by atoms with E-state index in [9.17, 15) is 14.4 Å². The number of benzene rings is 1. The maximum absolute atomic E-state index is 13.5. The second kappa shape index (κ2) is 13.7. The number of rotatable bonds is 12. The molecule has 0 radical (unpaired) electrons.